The van der Waals surface area contributed by atoms with Crippen molar-refractivity contribution in [3.05, 3.63) is 29.8 Å². The average molecular weight is 306 g/mol. The number of hydrogen-bond donors (Lipinski definition) is 0. The lowest BCUT2D eigenvalue weighted by Gasteiger charge is -2.17. The molecule has 0 aromatic heterocycles. The van der Waals surface area contributed by atoms with E-state index in [4.69, 9.17) is 9.05 Å². The van der Waals surface area contributed by atoms with Crippen molar-refractivity contribution in [2.45, 2.75) is 24.9 Å². The lowest BCUT2D eigenvalue weighted by Crippen LogP contribution is -2.00. The van der Waals surface area contributed by atoms with Crippen LogP contribution in [0.3, 0.4) is 0 Å². The molecule has 1 aromatic rings. The fourth-order valence-corrected chi connectivity index (χ4v) is 3.92. The van der Waals surface area contributed by atoms with Crippen molar-refractivity contribution in [1.29, 1.82) is 0 Å². The van der Waals surface area contributed by atoms with Crippen LogP contribution in [0.5, 0.6) is 0 Å². The van der Waals surface area contributed by atoms with Crippen LogP contribution in [0.25, 0.3) is 0 Å². The average Bonchev–Trinajstić information content (AvgIpc) is 2.28. The first-order valence-corrected chi connectivity index (χ1v) is 9.60. The number of hydrogen-bond acceptors (Lipinski definition) is 5. The number of benzene rings is 1. The monoisotopic (exact) mass is 306 g/mol. The smallest absolute Gasteiger partial charge is 0.309 e. The molecule has 108 valence electrons. The molecule has 0 aliphatic rings. The highest BCUT2D eigenvalue weighted by molar-refractivity contribution is 7.90. The molecule has 0 unspecified atom stereocenters. The molecule has 0 N–H and O–H groups in total. The van der Waals surface area contributed by atoms with Crippen LogP contribution in [0, 0.1) is 0 Å². The summed E-state index contributed by atoms with van der Waals surface area (Å²) in [4.78, 5) is 0.235. The summed E-state index contributed by atoms with van der Waals surface area (Å²) < 4.78 is 45.3. The summed E-state index contributed by atoms with van der Waals surface area (Å²) in [5.74, 6) is 0. The predicted octanol–water partition coefficient (Wildman–Crippen LogP) is 2.86. The van der Waals surface area contributed by atoms with Crippen LogP contribution in [-0.2, 0) is 29.6 Å². The third-order valence-corrected chi connectivity index (χ3v) is 5.56. The maximum atomic E-state index is 12.3. The van der Waals surface area contributed by atoms with Gasteiger partial charge < -0.3 is 9.05 Å². The van der Waals surface area contributed by atoms with E-state index in [0.717, 1.165) is 11.8 Å². The lowest BCUT2D eigenvalue weighted by molar-refractivity contribution is 0.219. The van der Waals surface area contributed by atoms with Crippen LogP contribution in [0.2, 0.25) is 0 Å². The highest BCUT2D eigenvalue weighted by atomic mass is 32.2. The quantitative estimate of drug-likeness (QED) is 0.724. The van der Waals surface area contributed by atoms with Crippen molar-refractivity contribution in [3.8, 4) is 0 Å². The van der Waals surface area contributed by atoms with Gasteiger partial charge in [-0.25, -0.2) is 8.42 Å². The summed E-state index contributed by atoms with van der Waals surface area (Å²) >= 11 is 0. The Morgan fingerprint density at radius 1 is 1.05 bits per heavy atom. The van der Waals surface area contributed by atoms with Gasteiger partial charge in [-0.1, -0.05) is 12.1 Å². The molecule has 0 saturated heterocycles. The molecule has 19 heavy (non-hydrogen) atoms. The fraction of sp³-hybridized carbons (Fsp3) is 0.500. The van der Waals surface area contributed by atoms with Gasteiger partial charge in [0.15, 0.2) is 9.84 Å². The van der Waals surface area contributed by atoms with Crippen molar-refractivity contribution in [2.75, 3.05) is 19.5 Å². The van der Waals surface area contributed by atoms with E-state index in [9.17, 15) is 13.0 Å². The second-order valence-electron chi connectivity index (χ2n) is 4.02. The topological polar surface area (TPSA) is 69.7 Å². The molecule has 0 aliphatic heterocycles. The first kappa shape index (κ1) is 16.4. The first-order chi connectivity index (χ1) is 8.80. The fourth-order valence-electron chi connectivity index (χ4n) is 1.59. The van der Waals surface area contributed by atoms with Gasteiger partial charge in [-0.2, -0.15) is 0 Å². The van der Waals surface area contributed by atoms with Crippen molar-refractivity contribution in [2.24, 2.45) is 0 Å². The Morgan fingerprint density at radius 2 is 1.53 bits per heavy atom. The zero-order valence-corrected chi connectivity index (χ0v) is 13.0. The molecule has 0 fully saturated rings. The Labute approximate surface area is 114 Å². The van der Waals surface area contributed by atoms with Crippen LogP contribution in [-0.4, -0.2) is 27.9 Å². The Bertz CT molecular complexity index is 540. The largest absolute Gasteiger partial charge is 0.335 e. The standard InChI is InChI=1S/C12H19O5PS/c1-4-16-18(13,17-5-2)10-11-6-8-12(9-7-11)19(3,14)15/h6-9H,4-5,10H2,1-3H3. The van der Waals surface area contributed by atoms with Crippen LogP contribution < -0.4 is 0 Å². The normalized spacial score (nSPS) is 12.6. The molecular weight excluding hydrogens is 287 g/mol. The van der Waals surface area contributed by atoms with Gasteiger partial charge in [0.1, 0.15) is 0 Å². The minimum Gasteiger partial charge on any atom is -0.309 e. The summed E-state index contributed by atoms with van der Waals surface area (Å²) in [7, 11) is -6.36. The van der Waals surface area contributed by atoms with E-state index in [1.165, 1.54) is 12.1 Å². The zero-order valence-electron chi connectivity index (χ0n) is 11.3. The van der Waals surface area contributed by atoms with Crippen molar-refractivity contribution in [3.63, 3.8) is 0 Å². The van der Waals surface area contributed by atoms with E-state index in [1.807, 2.05) is 0 Å². The highest BCUT2D eigenvalue weighted by Gasteiger charge is 2.24. The third-order valence-electron chi connectivity index (χ3n) is 2.38. The molecule has 0 heterocycles. The van der Waals surface area contributed by atoms with Crippen LogP contribution in [0.15, 0.2) is 29.2 Å². The SMILES string of the molecule is CCOP(=O)(Cc1ccc(S(C)(=O)=O)cc1)OCC. The molecule has 0 spiro atoms. The Balaban J connectivity index is 2.90. The number of rotatable bonds is 7. The first-order valence-electron chi connectivity index (χ1n) is 5.98. The van der Waals surface area contributed by atoms with Crippen molar-refractivity contribution < 1.29 is 22.0 Å². The molecule has 0 bridgehead atoms. The molecule has 1 rings (SSSR count). The minimum atomic E-state index is -3.22. The zero-order chi connectivity index (χ0) is 14.5. The van der Waals surface area contributed by atoms with Gasteiger partial charge in [-0.05, 0) is 31.5 Å². The summed E-state index contributed by atoms with van der Waals surface area (Å²) in [6, 6.07) is 6.24. The maximum absolute atomic E-state index is 12.3. The van der Waals surface area contributed by atoms with E-state index >= 15 is 0 Å². The molecule has 0 atom stereocenters. The van der Waals surface area contributed by atoms with Gasteiger partial charge in [0, 0.05) is 6.26 Å². The maximum Gasteiger partial charge on any atom is 0.335 e. The van der Waals surface area contributed by atoms with Crippen LogP contribution in [0.4, 0.5) is 0 Å². The molecule has 1 aromatic carbocycles. The summed E-state index contributed by atoms with van der Waals surface area (Å²) in [5.41, 5.74) is 0.720. The Morgan fingerprint density at radius 3 is 1.89 bits per heavy atom. The summed E-state index contributed by atoms with van der Waals surface area (Å²) in [5, 5.41) is 0. The minimum absolute atomic E-state index is 0.138. The third kappa shape index (κ3) is 5.07. The molecule has 0 amide bonds. The molecular formula is C12H19O5PS. The molecule has 7 heteroatoms. The van der Waals surface area contributed by atoms with Gasteiger partial charge in [-0.3, -0.25) is 4.57 Å². The van der Waals surface area contributed by atoms with Gasteiger partial charge in [-0.15, -0.1) is 0 Å². The van der Waals surface area contributed by atoms with Crippen molar-refractivity contribution >= 4 is 17.4 Å². The predicted molar refractivity (Wildman–Crippen MR) is 74.1 cm³/mol. The van der Waals surface area contributed by atoms with E-state index in [0.29, 0.717) is 13.2 Å². The molecule has 0 aliphatic carbocycles. The Kier molecular flexibility index (Phi) is 5.74. The molecule has 5 nitrogen and oxygen atoms in total. The highest BCUT2D eigenvalue weighted by Crippen LogP contribution is 2.51. The molecule has 0 radical (unpaired) electrons. The van der Waals surface area contributed by atoms with Gasteiger partial charge >= 0.3 is 7.60 Å². The van der Waals surface area contributed by atoms with E-state index in [-0.39, 0.29) is 11.1 Å². The van der Waals surface area contributed by atoms with Crippen molar-refractivity contribution in [1.82, 2.24) is 0 Å². The Hall–Kier alpha value is -0.680. The van der Waals surface area contributed by atoms with E-state index < -0.39 is 17.4 Å². The second-order valence-corrected chi connectivity index (χ2v) is 8.09. The van der Waals surface area contributed by atoms with Crippen LogP contribution >= 0.6 is 7.60 Å². The van der Waals surface area contributed by atoms with Gasteiger partial charge in [0.05, 0.1) is 24.3 Å². The molecule has 0 saturated carbocycles. The van der Waals surface area contributed by atoms with Gasteiger partial charge in [0.25, 0.3) is 0 Å². The van der Waals surface area contributed by atoms with E-state index in [2.05, 4.69) is 0 Å². The lowest BCUT2D eigenvalue weighted by atomic mass is 10.2. The van der Waals surface area contributed by atoms with E-state index in [1.54, 1.807) is 26.0 Å². The van der Waals surface area contributed by atoms with Gasteiger partial charge in [0.2, 0.25) is 0 Å². The second kappa shape index (κ2) is 6.66. The van der Waals surface area contributed by atoms with Crippen LogP contribution in [0.1, 0.15) is 19.4 Å². The number of sulfone groups is 1. The summed E-state index contributed by atoms with van der Waals surface area (Å²) in [6.45, 7) is 4.11. The summed E-state index contributed by atoms with van der Waals surface area (Å²) in [6.07, 6.45) is 1.28.